The van der Waals surface area contributed by atoms with Gasteiger partial charge in [0.1, 0.15) is 0 Å². The van der Waals surface area contributed by atoms with Crippen LogP contribution in [0.4, 0.5) is 11.4 Å². The molecule has 5 rings (SSSR count). The number of nitrogens with one attached hydrogen (secondary N) is 1. The number of H-pyrrole nitrogens is 1. The fourth-order valence-corrected chi connectivity index (χ4v) is 4.51. The van der Waals surface area contributed by atoms with E-state index < -0.39 is 0 Å². The summed E-state index contributed by atoms with van der Waals surface area (Å²) in [5.41, 5.74) is 6.90. The van der Waals surface area contributed by atoms with E-state index in [0.29, 0.717) is 5.69 Å². The summed E-state index contributed by atoms with van der Waals surface area (Å²) in [6, 6.07) is 17.5. The second kappa shape index (κ2) is 7.55. The van der Waals surface area contributed by atoms with Gasteiger partial charge in [0.15, 0.2) is 5.69 Å². The molecule has 0 spiro atoms. The summed E-state index contributed by atoms with van der Waals surface area (Å²) in [5.74, 6) is 0.0188. The van der Waals surface area contributed by atoms with Crippen LogP contribution in [0.5, 0.6) is 0 Å². The molecule has 0 unspecified atom stereocenters. The highest BCUT2D eigenvalue weighted by atomic mass is 16.2. The number of hydrogen-bond donors (Lipinski definition) is 1. The Morgan fingerprint density at radius 3 is 1.91 bits per heavy atom. The molecule has 6 heteroatoms. The Bertz CT molecular complexity index is 1120. The molecule has 0 bridgehead atoms. The number of fused-ring (bicyclic) bond motifs is 1. The predicted octanol–water partition coefficient (Wildman–Crippen LogP) is 3.55. The van der Waals surface area contributed by atoms with E-state index in [0.717, 1.165) is 30.8 Å². The predicted molar refractivity (Wildman–Crippen MR) is 130 cm³/mol. The molecule has 2 aliphatic rings. The number of hydrogen-bond acceptors (Lipinski definition) is 4. The first-order valence-electron chi connectivity index (χ1n) is 11.0. The Kier molecular flexibility index (Phi) is 4.81. The van der Waals surface area contributed by atoms with E-state index in [1.807, 2.05) is 4.90 Å². The van der Waals surface area contributed by atoms with Crippen LogP contribution in [0, 0.1) is 0 Å². The lowest BCUT2D eigenvalue weighted by Crippen LogP contribution is -2.31. The quantitative estimate of drug-likeness (QED) is 0.633. The SMILES string of the molecule is CN(C)c1ccc(C2(c3ccc(N(C)C)cc3)C=Cc3c(C(=O)N4CC4)n[nH]c3C2)cc1. The fourth-order valence-electron chi connectivity index (χ4n) is 4.51. The van der Waals surface area contributed by atoms with Crippen LogP contribution >= 0.6 is 0 Å². The molecule has 2 aromatic carbocycles. The molecule has 164 valence electrons. The first kappa shape index (κ1) is 20.4. The maximum atomic E-state index is 12.6. The largest absolute Gasteiger partial charge is 0.378 e. The van der Waals surface area contributed by atoms with Gasteiger partial charge < -0.3 is 14.7 Å². The summed E-state index contributed by atoms with van der Waals surface area (Å²) in [5, 5.41) is 7.58. The van der Waals surface area contributed by atoms with E-state index in [-0.39, 0.29) is 11.3 Å². The molecule has 1 fully saturated rings. The number of amides is 1. The summed E-state index contributed by atoms with van der Waals surface area (Å²) in [6.07, 6.45) is 5.06. The molecule has 1 saturated heterocycles. The zero-order valence-corrected chi connectivity index (χ0v) is 19.1. The third-order valence-electron chi connectivity index (χ3n) is 6.61. The van der Waals surface area contributed by atoms with E-state index in [2.05, 4.69) is 109 Å². The topological polar surface area (TPSA) is 55.2 Å². The van der Waals surface area contributed by atoms with Gasteiger partial charge in [-0.25, -0.2) is 0 Å². The number of aromatic amines is 1. The van der Waals surface area contributed by atoms with Crippen molar-refractivity contribution >= 4 is 23.4 Å². The van der Waals surface area contributed by atoms with Gasteiger partial charge in [0.25, 0.3) is 5.91 Å². The van der Waals surface area contributed by atoms with Crippen molar-refractivity contribution in [2.45, 2.75) is 11.8 Å². The number of rotatable bonds is 5. The number of carbonyl (C=O) groups is 1. The summed E-state index contributed by atoms with van der Waals surface area (Å²) in [7, 11) is 8.21. The van der Waals surface area contributed by atoms with Gasteiger partial charge in [0.05, 0.1) is 0 Å². The maximum absolute atomic E-state index is 12.6. The second-order valence-corrected chi connectivity index (χ2v) is 9.12. The van der Waals surface area contributed by atoms with Crippen molar-refractivity contribution in [3.63, 3.8) is 0 Å². The third kappa shape index (κ3) is 3.36. The molecule has 0 saturated carbocycles. The number of allylic oxidation sites excluding steroid dienone is 1. The second-order valence-electron chi connectivity index (χ2n) is 9.12. The standard InChI is InChI=1S/C26H29N5O/c1-29(2)20-9-5-18(6-10-20)26(19-7-11-21(12-8-19)30(3)4)14-13-22-23(17-26)27-28-24(22)25(32)31-15-16-31/h5-14H,15-17H2,1-4H3,(H,27,28). The van der Waals surface area contributed by atoms with Crippen LogP contribution in [0.1, 0.15) is 32.9 Å². The number of anilines is 2. The van der Waals surface area contributed by atoms with Crippen LogP contribution < -0.4 is 9.80 Å². The molecular weight excluding hydrogens is 398 g/mol. The van der Waals surface area contributed by atoms with Crippen LogP contribution in [0.15, 0.2) is 54.6 Å². The first-order chi connectivity index (χ1) is 15.4. The van der Waals surface area contributed by atoms with E-state index in [1.54, 1.807) is 0 Å². The minimum Gasteiger partial charge on any atom is -0.378 e. The number of nitrogens with zero attached hydrogens (tertiary/aromatic N) is 4. The maximum Gasteiger partial charge on any atom is 0.275 e. The molecule has 1 aliphatic heterocycles. The molecular formula is C26H29N5O. The molecule has 1 aromatic heterocycles. The Morgan fingerprint density at radius 2 is 1.44 bits per heavy atom. The van der Waals surface area contributed by atoms with Crippen molar-refractivity contribution in [3.8, 4) is 0 Å². The lowest BCUT2D eigenvalue weighted by Gasteiger charge is -2.35. The first-order valence-corrected chi connectivity index (χ1v) is 11.0. The van der Waals surface area contributed by atoms with Gasteiger partial charge in [-0.3, -0.25) is 9.89 Å². The number of aromatic nitrogens is 2. The van der Waals surface area contributed by atoms with Crippen molar-refractivity contribution < 1.29 is 4.79 Å². The Balaban J connectivity index is 1.60. The van der Waals surface area contributed by atoms with Gasteiger partial charge in [-0.1, -0.05) is 36.4 Å². The van der Waals surface area contributed by atoms with Gasteiger partial charge in [-0.2, -0.15) is 5.10 Å². The molecule has 32 heavy (non-hydrogen) atoms. The minimum absolute atomic E-state index is 0.0188. The summed E-state index contributed by atoms with van der Waals surface area (Å²) in [6.45, 7) is 1.65. The molecule has 2 heterocycles. The van der Waals surface area contributed by atoms with Gasteiger partial charge in [-0.05, 0) is 35.4 Å². The normalized spacial score (nSPS) is 15.9. The van der Waals surface area contributed by atoms with E-state index in [4.69, 9.17) is 0 Å². The number of benzene rings is 2. The molecule has 0 atom stereocenters. The lowest BCUT2D eigenvalue weighted by molar-refractivity contribution is 0.0880. The van der Waals surface area contributed by atoms with Gasteiger partial charge in [0.2, 0.25) is 0 Å². The highest BCUT2D eigenvalue weighted by molar-refractivity contribution is 5.97. The zero-order chi connectivity index (χ0) is 22.5. The van der Waals surface area contributed by atoms with Crippen molar-refractivity contribution in [3.05, 3.63) is 82.7 Å². The fraction of sp³-hybridized carbons (Fsp3) is 0.308. The van der Waals surface area contributed by atoms with Crippen LogP contribution in [-0.4, -0.2) is 62.3 Å². The van der Waals surface area contributed by atoms with E-state index in [9.17, 15) is 4.79 Å². The van der Waals surface area contributed by atoms with Crippen LogP contribution in [-0.2, 0) is 11.8 Å². The number of carbonyl (C=O) groups excluding carboxylic acids is 1. The van der Waals surface area contributed by atoms with Gasteiger partial charge in [0, 0.05) is 75.7 Å². The smallest absolute Gasteiger partial charge is 0.275 e. The molecule has 0 radical (unpaired) electrons. The van der Waals surface area contributed by atoms with Crippen LogP contribution in [0.25, 0.3) is 6.08 Å². The monoisotopic (exact) mass is 427 g/mol. The minimum atomic E-state index is -0.338. The Labute approximate surface area is 189 Å². The van der Waals surface area contributed by atoms with Gasteiger partial charge in [-0.15, -0.1) is 0 Å². The summed E-state index contributed by atoms with van der Waals surface area (Å²) < 4.78 is 0. The van der Waals surface area contributed by atoms with Gasteiger partial charge >= 0.3 is 0 Å². The van der Waals surface area contributed by atoms with E-state index in [1.165, 1.54) is 22.5 Å². The van der Waals surface area contributed by atoms with Crippen molar-refractivity contribution in [1.29, 1.82) is 0 Å². The van der Waals surface area contributed by atoms with Crippen molar-refractivity contribution in [2.75, 3.05) is 51.1 Å². The average molecular weight is 428 g/mol. The van der Waals surface area contributed by atoms with Crippen LogP contribution in [0.2, 0.25) is 0 Å². The third-order valence-corrected chi connectivity index (χ3v) is 6.61. The summed E-state index contributed by atoms with van der Waals surface area (Å²) >= 11 is 0. The molecule has 6 nitrogen and oxygen atoms in total. The molecule has 1 amide bonds. The van der Waals surface area contributed by atoms with E-state index >= 15 is 0 Å². The Morgan fingerprint density at radius 1 is 0.906 bits per heavy atom. The average Bonchev–Trinajstić information content (AvgIpc) is 3.58. The molecule has 1 aliphatic carbocycles. The van der Waals surface area contributed by atoms with Crippen molar-refractivity contribution in [2.24, 2.45) is 0 Å². The highest BCUT2D eigenvalue weighted by Gasteiger charge is 2.38. The Hall–Kier alpha value is -3.54. The zero-order valence-electron chi connectivity index (χ0n) is 19.1. The summed E-state index contributed by atoms with van der Waals surface area (Å²) in [4.78, 5) is 18.7. The lowest BCUT2D eigenvalue weighted by atomic mass is 9.68. The highest BCUT2D eigenvalue weighted by Crippen LogP contribution is 2.42. The van der Waals surface area contributed by atoms with Crippen LogP contribution in [0.3, 0.4) is 0 Å². The van der Waals surface area contributed by atoms with Crippen molar-refractivity contribution in [1.82, 2.24) is 15.1 Å². The molecule has 1 N–H and O–H groups in total. The molecule has 3 aromatic rings.